The Hall–Kier alpha value is -0.610. The molecule has 0 spiro atoms. The van der Waals surface area contributed by atoms with Crippen molar-refractivity contribution < 1.29 is 14.3 Å². The monoisotopic (exact) mass is 269 g/mol. The Bertz CT molecular complexity index is 304. The predicted molar refractivity (Wildman–Crippen MR) is 74.0 cm³/mol. The Morgan fingerprint density at radius 2 is 2.11 bits per heavy atom. The highest BCUT2D eigenvalue weighted by molar-refractivity contribution is 5.80. The molecule has 0 saturated heterocycles. The SMILES string of the molecule is CNC1(C(=O)OC)CCCC(OCCC2CCC2)C1. The number of ether oxygens (including phenoxy) is 2. The highest BCUT2D eigenvalue weighted by atomic mass is 16.5. The molecule has 0 aromatic heterocycles. The molecule has 0 radical (unpaired) electrons. The normalized spacial score (nSPS) is 31.8. The zero-order chi connectivity index (χ0) is 13.7. The maximum absolute atomic E-state index is 12.0. The molecule has 1 N–H and O–H groups in total. The average molecular weight is 269 g/mol. The van der Waals surface area contributed by atoms with E-state index in [4.69, 9.17) is 9.47 Å². The fourth-order valence-electron chi connectivity index (χ4n) is 3.26. The lowest BCUT2D eigenvalue weighted by Crippen LogP contribution is -2.55. The van der Waals surface area contributed by atoms with Gasteiger partial charge in [0.05, 0.1) is 13.2 Å². The van der Waals surface area contributed by atoms with E-state index in [-0.39, 0.29) is 12.1 Å². The summed E-state index contributed by atoms with van der Waals surface area (Å²) < 4.78 is 10.9. The summed E-state index contributed by atoms with van der Waals surface area (Å²) in [5.74, 6) is 0.737. The van der Waals surface area contributed by atoms with Gasteiger partial charge in [-0.1, -0.05) is 19.3 Å². The van der Waals surface area contributed by atoms with E-state index in [1.165, 1.54) is 32.8 Å². The summed E-state index contributed by atoms with van der Waals surface area (Å²) in [5.41, 5.74) is -0.534. The van der Waals surface area contributed by atoms with Gasteiger partial charge in [-0.15, -0.1) is 0 Å². The van der Waals surface area contributed by atoms with E-state index in [1.54, 1.807) is 0 Å². The second kappa shape index (κ2) is 6.71. The van der Waals surface area contributed by atoms with E-state index in [9.17, 15) is 4.79 Å². The van der Waals surface area contributed by atoms with Crippen molar-refractivity contribution >= 4 is 5.97 Å². The molecule has 2 rings (SSSR count). The smallest absolute Gasteiger partial charge is 0.326 e. The standard InChI is InChI=1S/C15H27NO3/c1-16-15(14(17)18-2)9-4-7-13(11-15)19-10-8-12-5-3-6-12/h12-13,16H,3-11H2,1-2H3. The molecule has 2 fully saturated rings. The van der Waals surface area contributed by atoms with E-state index in [2.05, 4.69) is 5.32 Å². The van der Waals surface area contributed by atoms with Crippen LogP contribution in [0.15, 0.2) is 0 Å². The third-order valence-electron chi connectivity index (χ3n) is 4.86. The highest BCUT2D eigenvalue weighted by Crippen LogP contribution is 2.33. The van der Waals surface area contributed by atoms with Gasteiger partial charge in [0.2, 0.25) is 0 Å². The number of nitrogens with one attached hydrogen (secondary N) is 1. The Labute approximate surface area is 116 Å². The molecule has 0 aromatic rings. The first-order valence-corrected chi connectivity index (χ1v) is 7.59. The summed E-state index contributed by atoms with van der Waals surface area (Å²) in [5, 5.41) is 3.17. The first kappa shape index (κ1) is 14.8. The number of rotatable bonds is 6. The van der Waals surface area contributed by atoms with Crippen LogP contribution in [0.3, 0.4) is 0 Å². The van der Waals surface area contributed by atoms with Crippen LogP contribution >= 0.6 is 0 Å². The van der Waals surface area contributed by atoms with Crippen molar-refractivity contribution in [2.45, 2.75) is 63.0 Å². The van der Waals surface area contributed by atoms with Gasteiger partial charge in [-0.05, 0) is 38.6 Å². The van der Waals surface area contributed by atoms with E-state index in [0.29, 0.717) is 0 Å². The summed E-state index contributed by atoms with van der Waals surface area (Å²) >= 11 is 0. The quantitative estimate of drug-likeness (QED) is 0.751. The second-order valence-corrected chi connectivity index (χ2v) is 6.00. The van der Waals surface area contributed by atoms with Crippen molar-refractivity contribution in [3.63, 3.8) is 0 Å². The second-order valence-electron chi connectivity index (χ2n) is 6.00. The molecule has 110 valence electrons. The fourth-order valence-corrected chi connectivity index (χ4v) is 3.26. The molecule has 2 saturated carbocycles. The number of hydrogen-bond acceptors (Lipinski definition) is 4. The third kappa shape index (κ3) is 3.48. The zero-order valence-corrected chi connectivity index (χ0v) is 12.2. The van der Waals surface area contributed by atoms with Gasteiger partial charge in [0.1, 0.15) is 5.54 Å². The molecule has 2 atom stereocenters. The molecule has 4 heteroatoms. The van der Waals surface area contributed by atoms with E-state index in [0.717, 1.165) is 38.2 Å². The predicted octanol–water partition coefficient (Wildman–Crippen LogP) is 2.27. The lowest BCUT2D eigenvalue weighted by Gasteiger charge is -2.38. The number of esters is 1. The van der Waals surface area contributed by atoms with Crippen molar-refractivity contribution in [3.05, 3.63) is 0 Å². The maximum Gasteiger partial charge on any atom is 0.326 e. The third-order valence-corrected chi connectivity index (χ3v) is 4.86. The molecular formula is C15H27NO3. The van der Waals surface area contributed by atoms with Crippen LogP contribution in [-0.4, -0.2) is 38.4 Å². The minimum absolute atomic E-state index is 0.151. The largest absolute Gasteiger partial charge is 0.468 e. The number of hydrogen-bond donors (Lipinski definition) is 1. The summed E-state index contributed by atoms with van der Waals surface area (Å²) in [7, 11) is 3.30. The summed E-state index contributed by atoms with van der Waals surface area (Å²) in [6.45, 7) is 0.844. The van der Waals surface area contributed by atoms with Crippen LogP contribution in [-0.2, 0) is 14.3 Å². The van der Waals surface area contributed by atoms with E-state index < -0.39 is 5.54 Å². The number of likely N-dealkylation sites (N-methyl/N-ethyl adjacent to an activating group) is 1. The van der Waals surface area contributed by atoms with Crippen LogP contribution in [0.5, 0.6) is 0 Å². The Kier molecular flexibility index (Phi) is 5.22. The van der Waals surface area contributed by atoms with Crippen LogP contribution in [0, 0.1) is 5.92 Å². The number of carbonyl (C=O) groups excluding carboxylic acids is 1. The van der Waals surface area contributed by atoms with Gasteiger partial charge in [0.25, 0.3) is 0 Å². The first-order valence-electron chi connectivity index (χ1n) is 7.59. The van der Waals surface area contributed by atoms with Gasteiger partial charge >= 0.3 is 5.97 Å². The molecular weight excluding hydrogens is 242 g/mol. The van der Waals surface area contributed by atoms with Crippen LogP contribution in [0.25, 0.3) is 0 Å². The molecule has 2 aliphatic rings. The molecule has 2 aliphatic carbocycles. The Morgan fingerprint density at radius 1 is 1.32 bits per heavy atom. The van der Waals surface area contributed by atoms with Crippen molar-refractivity contribution in [1.82, 2.24) is 5.32 Å². The van der Waals surface area contributed by atoms with Crippen molar-refractivity contribution in [2.24, 2.45) is 5.92 Å². The molecule has 2 unspecified atom stereocenters. The van der Waals surface area contributed by atoms with E-state index >= 15 is 0 Å². The topological polar surface area (TPSA) is 47.6 Å². The summed E-state index contributed by atoms with van der Waals surface area (Å²) in [4.78, 5) is 12.0. The molecule has 19 heavy (non-hydrogen) atoms. The first-order chi connectivity index (χ1) is 9.20. The Morgan fingerprint density at radius 3 is 2.68 bits per heavy atom. The lowest BCUT2D eigenvalue weighted by atomic mass is 9.80. The van der Waals surface area contributed by atoms with Gasteiger partial charge in [0.15, 0.2) is 0 Å². The number of carbonyl (C=O) groups is 1. The zero-order valence-electron chi connectivity index (χ0n) is 12.2. The molecule has 0 amide bonds. The van der Waals surface area contributed by atoms with Crippen molar-refractivity contribution in [2.75, 3.05) is 20.8 Å². The minimum atomic E-state index is -0.534. The number of methoxy groups -OCH3 is 1. The fraction of sp³-hybridized carbons (Fsp3) is 0.933. The van der Waals surface area contributed by atoms with Gasteiger partial charge < -0.3 is 14.8 Å². The van der Waals surface area contributed by atoms with Crippen LogP contribution in [0.4, 0.5) is 0 Å². The van der Waals surface area contributed by atoms with Gasteiger partial charge in [-0.2, -0.15) is 0 Å². The Balaban J connectivity index is 1.79. The lowest BCUT2D eigenvalue weighted by molar-refractivity contribution is -0.152. The molecule has 0 bridgehead atoms. The van der Waals surface area contributed by atoms with Gasteiger partial charge in [-0.25, -0.2) is 0 Å². The molecule has 0 aromatic carbocycles. The maximum atomic E-state index is 12.0. The van der Waals surface area contributed by atoms with Crippen molar-refractivity contribution in [3.8, 4) is 0 Å². The van der Waals surface area contributed by atoms with Crippen molar-refractivity contribution in [1.29, 1.82) is 0 Å². The average Bonchev–Trinajstić information content (AvgIpc) is 2.40. The van der Waals surface area contributed by atoms with E-state index in [1.807, 2.05) is 7.05 Å². The van der Waals surface area contributed by atoms with Crippen LogP contribution < -0.4 is 5.32 Å². The summed E-state index contributed by atoms with van der Waals surface area (Å²) in [6, 6.07) is 0. The van der Waals surface area contributed by atoms with Crippen LogP contribution in [0.2, 0.25) is 0 Å². The van der Waals surface area contributed by atoms with Gasteiger partial charge in [-0.3, -0.25) is 4.79 Å². The van der Waals surface area contributed by atoms with Gasteiger partial charge in [0, 0.05) is 13.0 Å². The molecule has 4 nitrogen and oxygen atoms in total. The minimum Gasteiger partial charge on any atom is -0.468 e. The summed E-state index contributed by atoms with van der Waals surface area (Å²) in [6.07, 6.45) is 9.17. The highest BCUT2D eigenvalue weighted by Gasteiger charge is 2.42. The molecule has 0 heterocycles. The molecule has 0 aliphatic heterocycles. The van der Waals surface area contributed by atoms with Crippen LogP contribution in [0.1, 0.15) is 51.4 Å².